The van der Waals surface area contributed by atoms with Crippen LogP contribution in [0.15, 0.2) is 58.2 Å². The van der Waals surface area contributed by atoms with Gasteiger partial charge in [-0.15, -0.1) is 11.8 Å². The third-order valence-corrected chi connectivity index (χ3v) is 5.45. The Bertz CT molecular complexity index is 889. The van der Waals surface area contributed by atoms with Crippen molar-refractivity contribution in [1.82, 2.24) is 15.0 Å². The van der Waals surface area contributed by atoms with Crippen LogP contribution in [-0.4, -0.2) is 27.5 Å². The van der Waals surface area contributed by atoms with Crippen LogP contribution in [0.25, 0.3) is 0 Å². The Hall–Kier alpha value is -2.60. The molecule has 1 aromatic carbocycles. The van der Waals surface area contributed by atoms with Crippen molar-refractivity contribution in [2.24, 2.45) is 0 Å². The molecule has 6 heteroatoms. The predicted octanol–water partition coefficient (Wildman–Crippen LogP) is 4.64. The van der Waals surface area contributed by atoms with E-state index in [9.17, 15) is 4.79 Å². The zero-order valence-corrected chi connectivity index (χ0v) is 16.6. The van der Waals surface area contributed by atoms with Crippen LogP contribution in [0.5, 0.6) is 0 Å². The Balaban J connectivity index is 1.78. The fourth-order valence-corrected chi connectivity index (χ4v) is 3.96. The molecule has 5 nitrogen and oxygen atoms in total. The van der Waals surface area contributed by atoms with Crippen molar-refractivity contribution < 1.29 is 9.32 Å². The zero-order valence-electron chi connectivity index (χ0n) is 15.8. The second kappa shape index (κ2) is 8.86. The minimum atomic E-state index is -0.00397. The molecule has 0 saturated heterocycles. The van der Waals surface area contributed by atoms with Crippen molar-refractivity contribution in [2.45, 2.75) is 38.1 Å². The highest BCUT2D eigenvalue weighted by molar-refractivity contribution is 7.98. The molecule has 0 fully saturated rings. The lowest BCUT2D eigenvalue weighted by atomic mass is 10.2. The largest absolute Gasteiger partial charge is 0.361 e. The van der Waals surface area contributed by atoms with Gasteiger partial charge in [0.05, 0.1) is 11.3 Å². The van der Waals surface area contributed by atoms with Crippen LogP contribution >= 0.6 is 11.8 Å². The molecule has 2 heterocycles. The first-order chi connectivity index (χ1) is 13.1. The number of benzene rings is 1. The molecule has 27 heavy (non-hydrogen) atoms. The Morgan fingerprint density at radius 2 is 1.93 bits per heavy atom. The summed E-state index contributed by atoms with van der Waals surface area (Å²) in [5.74, 6) is 1.47. The fraction of sp³-hybridized carbons (Fsp3) is 0.286. The Morgan fingerprint density at radius 3 is 2.59 bits per heavy atom. The molecule has 0 aliphatic rings. The van der Waals surface area contributed by atoms with Gasteiger partial charge >= 0.3 is 0 Å². The Kier molecular flexibility index (Phi) is 6.29. The number of hydrogen-bond donors (Lipinski definition) is 0. The van der Waals surface area contributed by atoms with E-state index in [1.54, 1.807) is 6.20 Å². The summed E-state index contributed by atoms with van der Waals surface area (Å²) in [5, 5.41) is 4.72. The summed E-state index contributed by atoms with van der Waals surface area (Å²) in [4.78, 5) is 19.4. The molecule has 0 bridgehead atoms. The van der Waals surface area contributed by atoms with Crippen LogP contribution in [0.3, 0.4) is 0 Å². The maximum absolute atomic E-state index is 13.1. The van der Waals surface area contributed by atoms with Gasteiger partial charge in [0.25, 0.3) is 5.91 Å². The van der Waals surface area contributed by atoms with E-state index in [1.807, 2.05) is 68.1 Å². The number of pyridine rings is 1. The highest BCUT2D eigenvalue weighted by Crippen LogP contribution is 2.28. The summed E-state index contributed by atoms with van der Waals surface area (Å²) in [6.45, 7) is 7.04. The molecule has 0 saturated carbocycles. The summed E-state index contributed by atoms with van der Waals surface area (Å²) >= 11 is 1.54. The van der Waals surface area contributed by atoms with Gasteiger partial charge in [0.15, 0.2) is 0 Å². The van der Waals surface area contributed by atoms with Crippen molar-refractivity contribution in [2.75, 3.05) is 6.54 Å². The summed E-state index contributed by atoms with van der Waals surface area (Å²) in [6, 6.07) is 13.7. The third kappa shape index (κ3) is 4.57. The average molecular weight is 382 g/mol. The number of aromatic nitrogens is 2. The lowest BCUT2D eigenvalue weighted by Gasteiger charge is -2.22. The number of thioether (sulfide) groups is 1. The maximum Gasteiger partial charge on any atom is 0.256 e. The second-order valence-corrected chi connectivity index (χ2v) is 7.22. The molecular weight excluding hydrogens is 358 g/mol. The molecular formula is C21H23N3O2S. The zero-order chi connectivity index (χ0) is 19.2. The van der Waals surface area contributed by atoms with E-state index in [0.717, 1.165) is 27.6 Å². The molecule has 0 aliphatic heterocycles. The lowest BCUT2D eigenvalue weighted by Crippen LogP contribution is -2.30. The molecule has 0 spiro atoms. The highest BCUT2D eigenvalue weighted by atomic mass is 32.2. The molecule has 3 aromatic rings. The van der Waals surface area contributed by atoms with Gasteiger partial charge in [-0.1, -0.05) is 35.5 Å². The van der Waals surface area contributed by atoms with Crippen molar-refractivity contribution >= 4 is 17.7 Å². The van der Waals surface area contributed by atoms with E-state index in [2.05, 4.69) is 10.1 Å². The van der Waals surface area contributed by atoms with Crippen LogP contribution in [0, 0.1) is 13.8 Å². The third-order valence-electron chi connectivity index (χ3n) is 4.42. The maximum atomic E-state index is 13.1. The number of nitrogens with zero attached hydrogens (tertiary/aromatic N) is 3. The van der Waals surface area contributed by atoms with Crippen molar-refractivity contribution in [3.63, 3.8) is 0 Å². The van der Waals surface area contributed by atoms with Gasteiger partial charge in [-0.25, -0.2) is 4.98 Å². The number of rotatable bonds is 7. The Morgan fingerprint density at radius 1 is 1.15 bits per heavy atom. The van der Waals surface area contributed by atoms with Gasteiger partial charge in [-0.05, 0) is 38.5 Å². The van der Waals surface area contributed by atoms with Crippen LogP contribution in [0.2, 0.25) is 0 Å². The van der Waals surface area contributed by atoms with E-state index >= 15 is 0 Å². The second-order valence-electron chi connectivity index (χ2n) is 6.25. The number of carbonyl (C=O) groups excluding carboxylic acids is 1. The average Bonchev–Trinajstić information content (AvgIpc) is 3.02. The van der Waals surface area contributed by atoms with Crippen LogP contribution < -0.4 is 0 Å². The SMILES string of the molecule is CCN(Cc1ccccc1)C(=O)c1cccnc1SCc1c(C)noc1C. The van der Waals surface area contributed by atoms with E-state index in [1.165, 1.54) is 11.8 Å². The summed E-state index contributed by atoms with van der Waals surface area (Å²) in [6.07, 6.45) is 1.72. The monoisotopic (exact) mass is 381 g/mol. The first kappa shape index (κ1) is 19.2. The number of aryl methyl sites for hydroxylation is 2. The molecule has 0 radical (unpaired) electrons. The van der Waals surface area contributed by atoms with E-state index in [4.69, 9.17) is 4.52 Å². The molecule has 140 valence electrons. The highest BCUT2D eigenvalue weighted by Gasteiger charge is 2.20. The number of carbonyl (C=O) groups is 1. The minimum absolute atomic E-state index is 0.00397. The van der Waals surface area contributed by atoms with E-state index in [-0.39, 0.29) is 5.91 Å². The van der Waals surface area contributed by atoms with Crippen LogP contribution in [0.1, 0.15) is 39.9 Å². The molecule has 0 atom stereocenters. The van der Waals surface area contributed by atoms with Gasteiger partial charge in [0.1, 0.15) is 10.8 Å². The standard InChI is InChI=1S/C21H23N3O2S/c1-4-24(13-17-9-6-5-7-10-17)21(25)18-11-8-12-22-20(18)27-14-19-15(2)23-26-16(19)3/h5-12H,4,13-14H2,1-3H3. The summed E-state index contributed by atoms with van der Waals surface area (Å²) in [5.41, 5.74) is 3.68. The fourth-order valence-electron chi connectivity index (χ4n) is 2.82. The first-order valence-electron chi connectivity index (χ1n) is 8.93. The van der Waals surface area contributed by atoms with Gasteiger partial charge < -0.3 is 9.42 Å². The van der Waals surface area contributed by atoms with Gasteiger partial charge in [-0.2, -0.15) is 0 Å². The quantitative estimate of drug-likeness (QED) is 0.558. The van der Waals surface area contributed by atoms with Gasteiger partial charge in [0, 0.05) is 30.6 Å². The smallest absolute Gasteiger partial charge is 0.256 e. The lowest BCUT2D eigenvalue weighted by molar-refractivity contribution is 0.0748. The summed E-state index contributed by atoms with van der Waals surface area (Å²) in [7, 11) is 0. The van der Waals surface area contributed by atoms with E-state index < -0.39 is 0 Å². The Labute approximate surface area is 163 Å². The van der Waals surface area contributed by atoms with Gasteiger partial charge in [0.2, 0.25) is 0 Å². The molecule has 1 amide bonds. The molecule has 0 N–H and O–H groups in total. The van der Waals surface area contributed by atoms with Gasteiger partial charge in [-0.3, -0.25) is 4.79 Å². The molecule has 0 aliphatic carbocycles. The number of hydrogen-bond acceptors (Lipinski definition) is 5. The summed E-state index contributed by atoms with van der Waals surface area (Å²) < 4.78 is 5.22. The van der Waals surface area contributed by atoms with Crippen molar-refractivity contribution in [3.8, 4) is 0 Å². The number of amides is 1. The first-order valence-corrected chi connectivity index (χ1v) is 9.91. The normalized spacial score (nSPS) is 10.8. The minimum Gasteiger partial charge on any atom is -0.361 e. The van der Waals surface area contributed by atoms with Crippen molar-refractivity contribution in [3.05, 3.63) is 76.8 Å². The van der Waals surface area contributed by atoms with E-state index in [0.29, 0.717) is 24.4 Å². The van der Waals surface area contributed by atoms with Crippen LogP contribution in [0.4, 0.5) is 0 Å². The molecule has 3 rings (SSSR count). The van der Waals surface area contributed by atoms with Crippen LogP contribution in [-0.2, 0) is 12.3 Å². The molecule has 0 unspecified atom stereocenters. The topological polar surface area (TPSA) is 59.2 Å². The van der Waals surface area contributed by atoms with Crippen molar-refractivity contribution in [1.29, 1.82) is 0 Å². The molecule has 2 aromatic heterocycles. The predicted molar refractivity (Wildman–Crippen MR) is 107 cm³/mol.